The molecule has 21 nitrogen and oxygen atoms in total. The largest absolute Gasteiger partial charge is 0.472 e. The normalized spacial score (nSPS) is 35.4. The van der Waals surface area contributed by atoms with Gasteiger partial charge >= 0.3 is 15.6 Å². The van der Waals surface area contributed by atoms with Crippen LogP contribution in [0.1, 0.15) is 33.2 Å². The third-order valence-corrected chi connectivity index (χ3v) is 15.9. The molecule has 7 rings (SSSR count). The lowest BCUT2D eigenvalue weighted by Crippen LogP contribution is -2.50. The van der Waals surface area contributed by atoms with E-state index in [1.165, 1.54) is 28.1 Å². The van der Waals surface area contributed by atoms with Crippen molar-refractivity contribution in [3.05, 3.63) is 25.3 Å². The Hall–Kier alpha value is -3.05. The van der Waals surface area contributed by atoms with Gasteiger partial charge in [-0.1, -0.05) is 20.8 Å². The molecule has 3 fully saturated rings. The number of phosphoric ester groups is 2. The van der Waals surface area contributed by atoms with Crippen LogP contribution in [0.15, 0.2) is 25.3 Å². The van der Waals surface area contributed by atoms with Crippen LogP contribution in [0.2, 0.25) is 18.1 Å². The summed E-state index contributed by atoms with van der Waals surface area (Å²) in [5.74, 6) is 0.0848. The molecule has 7 heterocycles. The van der Waals surface area contributed by atoms with Crippen LogP contribution in [-0.2, 0) is 41.1 Å². The van der Waals surface area contributed by atoms with Crippen LogP contribution in [0.5, 0.6) is 0 Å². The molecule has 3 aliphatic heterocycles. The summed E-state index contributed by atoms with van der Waals surface area (Å²) in [6.45, 7) is 8.28. The fourth-order valence-corrected chi connectivity index (χ4v) is 9.04. The number of imidazole rings is 2. The van der Waals surface area contributed by atoms with Gasteiger partial charge in [0.2, 0.25) is 0 Å². The molecule has 0 amide bonds. The zero-order valence-corrected chi connectivity index (χ0v) is 30.7. The van der Waals surface area contributed by atoms with Crippen LogP contribution in [0, 0.1) is 0 Å². The molecule has 4 aromatic heterocycles. The molecule has 51 heavy (non-hydrogen) atoms. The first-order valence-corrected chi connectivity index (χ1v) is 21.6. The lowest BCUT2D eigenvalue weighted by atomic mass is 10.1. The third kappa shape index (κ3) is 6.70. The van der Waals surface area contributed by atoms with Gasteiger partial charge in [-0.3, -0.25) is 27.2 Å². The second kappa shape index (κ2) is 12.8. The number of aromatic nitrogens is 8. The van der Waals surface area contributed by atoms with Crippen LogP contribution in [0.25, 0.3) is 22.3 Å². The Morgan fingerprint density at radius 1 is 0.824 bits per heavy atom. The maximum atomic E-state index is 16.2. The minimum atomic E-state index is -5.12. The van der Waals surface area contributed by atoms with E-state index in [0.717, 1.165) is 6.33 Å². The Kier molecular flexibility index (Phi) is 9.12. The van der Waals surface area contributed by atoms with E-state index in [2.05, 4.69) is 29.9 Å². The van der Waals surface area contributed by atoms with E-state index in [0.29, 0.717) is 0 Å². The van der Waals surface area contributed by atoms with Crippen molar-refractivity contribution in [3.63, 3.8) is 0 Å². The van der Waals surface area contributed by atoms with Crippen LogP contribution in [0.3, 0.4) is 0 Å². The van der Waals surface area contributed by atoms with E-state index in [4.69, 9.17) is 43.5 Å². The summed E-state index contributed by atoms with van der Waals surface area (Å²) in [6, 6.07) is 0. The number of nitrogens with two attached hydrogens (primary N) is 2. The topological polar surface area (TPSA) is 278 Å². The van der Waals surface area contributed by atoms with Gasteiger partial charge in [0.1, 0.15) is 54.2 Å². The average Bonchev–Trinajstić information content (AvgIpc) is 3.80. The van der Waals surface area contributed by atoms with Crippen molar-refractivity contribution < 1.29 is 55.3 Å². The highest BCUT2D eigenvalue weighted by atomic mass is 31.2. The Morgan fingerprint density at radius 2 is 1.31 bits per heavy atom. The predicted molar refractivity (Wildman–Crippen MR) is 176 cm³/mol. The number of hydrogen-bond acceptors (Lipinski definition) is 17. The van der Waals surface area contributed by atoms with Gasteiger partial charge in [-0.05, 0) is 18.1 Å². The maximum absolute atomic E-state index is 16.2. The molecule has 10 atom stereocenters. The number of ether oxygens (including phenoxy) is 2. The van der Waals surface area contributed by atoms with Crippen LogP contribution >= 0.6 is 15.6 Å². The van der Waals surface area contributed by atoms with Crippen molar-refractivity contribution in [3.8, 4) is 0 Å². The van der Waals surface area contributed by atoms with Gasteiger partial charge in [-0.2, -0.15) is 0 Å². The number of rotatable bonds is 4. The fraction of sp³-hybridized carbons (Fsp3) is 0.615. The predicted octanol–water partition coefficient (Wildman–Crippen LogP) is 2.37. The Bertz CT molecular complexity index is 2050. The molecule has 0 saturated carbocycles. The molecule has 0 spiro atoms. The Balaban J connectivity index is 1.25. The zero-order valence-electron chi connectivity index (χ0n) is 27.9. The quantitative estimate of drug-likeness (QED) is 0.171. The zero-order chi connectivity index (χ0) is 36.7. The summed E-state index contributed by atoms with van der Waals surface area (Å²) in [6.07, 6.45) is -7.37. The summed E-state index contributed by atoms with van der Waals surface area (Å²) < 4.78 is 86.9. The summed E-state index contributed by atoms with van der Waals surface area (Å²) in [5, 5.41) is -0.373. The summed E-state index contributed by atoms with van der Waals surface area (Å²) in [7, 11) is -13.0. The lowest BCUT2D eigenvalue weighted by Gasteiger charge is -2.40. The SMILES string of the molecule is CC(C)(C)[Si](C)(C)OC1[C@H]2COP(=O)(O)O[C@@H]3C(F)[C@H](n4cnc5c(N)ncnc54)O[C@@H]3COP(=O)(O)O[C@@H]1[C@H](n1cnc3c(N)ncnc31)O2. The molecule has 6 N–H and O–H groups in total. The molecule has 4 aromatic rings. The molecule has 3 aliphatic rings. The molecule has 0 radical (unpaired) electrons. The van der Waals surface area contributed by atoms with Gasteiger partial charge < -0.3 is 35.2 Å². The molecule has 3 saturated heterocycles. The highest BCUT2D eigenvalue weighted by Gasteiger charge is 2.56. The molecule has 4 unspecified atom stereocenters. The van der Waals surface area contributed by atoms with Crippen molar-refractivity contribution in [2.24, 2.45) is 0 Å². The molecule has 278 valence electrons. The van der Waals surface area contributed by atoms with Crippen molar-refractivity contribution in [2.45, 2.75) is 88.1 Å². The van der Waals surface area contributed by atoms with Crippen molar-refractivity contribution in [2.75, 3.05) is 24.7 Å². The van der Waals surface area contributed by atoms with Crippen molar-refractivity contribution >= 4 is 57.9 Å². The first kappa shape index (κ1) is 36.3. The highest BCUT2D eigenvalue weighted by molar-refractivity contribution is 7.47. The van der Waals surface area contributed by atoms with Gasteiger partial charge in [0, 0.05) is 0 Å². The van der Waals surface area contributed by atoms with E-state index in [9.17, 15) is 18.9 Å². The van der Waals surface area contributed by atoms with E-state index >= 15 is 4.39 Å². The Labute approximate surface area is 290 Å². The second-order valence-electron chi connectivity index (χ2n) is 13.8. The summed E-state index contributed by atoms with van der Waals surface area (Å²) in [5.41, 5.74) is 12.5. The fourth-order valence-electron chi connectivity index (χ4n) is 5.83. The van der Waals surface area contributed by atoms with E-state index in [1.54, 1.807) is 0 Å². The van der Waals surface area contributed by atoms with Crippen LogP contribution in [0.4, 0.5) is 16.0 Å². The molecule has 25 heteroatoms. The molecule has 2 bridgehead atoms. The van der Waals surface area contributed by atoms with Gasteiger partial charge in [0.05, 0.1) is 25.9 Å². The number of hydrogen-bond donors (Lipinski definition) is 4. The molecular weight excluding hydrogens is 737 g/mol. The number of fused-ring (bicyclic) bond motifs is 5. The minimum absolute atomic E-state index is 0.0199. The monoisotopic (exact) mass is 774 g/mol. The molecule has 0 aliphatic carbocycles. The van der Waals surface area contributed by atoms with Crippen LogP contribution in [-0.4, -0.2) is 107 Å². The number of nitrogen functional groups attached to an aromatic ring is 2. The standard InChI is InChI=1S/C26H37FN10O11P2Si/c1-26(2,3)51(4,5)48-18-13-7-43-49(38,39)46-17-12(44-24(14(17)27)36-10-34-15-20(28)30-8-32-22(15)36)6-42-50(40,41)47-19(18)25(45-13)37-11-35-16-21(29)31-9-33-23(16)37/h8-14,17-19,24-25H,6-7H2,1-5H3,(H,38,39)(H,40,41)(H2,28,30,32)(H2,29,31,33)/t12-,13-,14?,17+,18?,19+,24-,25-/m1/s1. The van der Waals surface area contributed by atoms with Gasteiger partial charge in [-0.15, -0.1) is 0 Å². The highest BCUT2D eigenvalue weighted by Crippen LogP contribution is 2.55. The second-order valence-corrected chi connectivity index (χ2v) is 21.3. The molecule has 0 aromatic carbocycles. The van der Waals surface area contributed by atoms with Gasteiger partial charge in [0.25, 0.3) is 0 Å². The molecular formula is C26H37FN10O11P2Si. The lowest BCUT2D eigenvalue weighted by molar-refractivity contribution is -0.0670. The van der Waals surface area contributed by atoms with Crippen molar-refractivity contribution in [1.82, 2.24) is 39.0 Å². The summed E-state index contributed by atoms with van der Waals surface area (Å²) >= 11 is 0. The van der Waals surface area contributed by atoms with Crippen molar-refractivity contribution in [1.29, 1.82) is 0 Å². The number of halogens is 1. The smallest absolute Gasteiger partial charge is 0.408 e. The third-order valence-electron chi connectivity index (χ3n) is 9.43. The van der Waals surface area contributed by atoms with E-state index < -0.39 is 86.3 Å². The van der Waals surface area contributed by atoms with Crippen LogP contribution < -0.4 is 11.5 Å². The van der Waals surface area contributed by atoms with E-state index in [1.807, 2.05) is 33.9 Å². The van der Waals surface area contributed by atoms with Gasteiger partial charge in [0.15, 0.2) is 49.9 Å². The summed E-state index contributed by atoms with van der Waals surface area (Å²) in [4.78, 5) is 46.6. The first-order chi connectivity index (χ1) is 23.9. The minimum Gasteiger partial charge on any atom is -0.408 e. The average molecular weight is 775 g/mol. The number of anilines is 2. The number of nitrogens with zero attached hydrogens (tertiary/aromatic N) is 8. The Morgan fingerprint density at radius 3 is 1.86 bits per heavy atom. The first-order valence-electron chi connectivity index (χ1n) is 15.7. The van der Waals surface area contributed by atoms with Gasteiger partial charge in [-0.25, -0.2) is 43.4 Å². The maximum Gasteiger partial charge on any atom is 0.472 e. The van der Waals surface area contributed by atoms with E-state index in [-0.39, 0.29) is 39.0 Å². The number of alkyl halides is 1. The number of phosphoric acid groups is 2.